The first-order chi connectivity index (χ1) is 9.89. The Morgan fingerprint density at radius 1 is 1.33 bits per heavy atom. The van der Waals surface area contributed by atoms with E-state index in [9.17, 15) is 13.2 Å². The number of nitrogens with one attached hydrogen (secondary N) is 2. The summed E-state index contributed by atoms with van der Waals surface area (Å²) >= 11 is 0. The molecular formula is C13H17N3O4S. The molecule has 0 saturated heterocycles. The van der Waals surface area contributed by atoms with Crippen LogP contribution in [0.1, 0.15) is 24.2 Å². The molecule has 3 N–H and O–H groups in total. The number of hydrogen-bond donors (Lipinski definition) is 3. The molecule has 1 aromatic heterocycles. The standard InChI is InChI=1S/C13H17N3O4S/c1-3-16(4-2)21(19,20)15-9-5-6-10-11(13(17)18)8-14-12(10)7-9/h5-8,14-15H,3-4H2,1-2H3,(H,17,18). The van der Waals surface area contributed by atoms with Crippen molar-refractivity contribution in [3.63, 3.8) is 0 Å². The van der Waals surface area contributed by atoms with E-state index in [0.29, 0.717) is 29.7 Å². The molecule has 0 atom stereocenters. The molecule has 0 amide bonds. The second-order valence-electron chi connectivity index (χ2n) is 4.46. The van der Waals surface area contributed by atoms with Crippen LogP contribution in [0.15, 0.2) is 24.4 Å². The second-order valence-corrected chi connectivity index (χ2v) is 6.13. The molecule has 0 aliphatic rings. The zero-order valence-electron chi connectivity index (χ0n) is 11.8. The molecule has 0 aliphatic heterocycles. The average molecular weight is 311 g/mol. The Balaban J connectivity index is 2.34. The molecule has 0 radical (unpaired) electrons. The fourth-order valence-electron chi connectivity index (χ4n) is 2.14. The molecule has 0 saturated carbocycles. The monoisotopic (exact) mass is 311 g/mol. The maximum Gasteiger partial charge on any atom is 0.337 e. The van der Waals surface area contributed by atoms with Crippen LogP contribution in [0.3, 0.4) is 0 Å². The first-order valence-corrected chi connectivity index (χ1v) is 7.95. The second kappa shape index (κ2) is 5.74. The highest BCUT2D eigenvalue weighted by molar-refractivity contribution is 7.90. The predicted octanol–water partition coefficient (Wildman–Crippen LogP) is 1.86. The molecule has 0 bridgehead atoms. The zero-order valence-corrected chi connectivity index (χ0v) is 12.6. The average Bonchev–Trinajstić information content (AvgIpc) is 2.82. The molecule has 1 heterocycles. The van der Waals surface area contributed by atoms with E-state index < -0.39 is 16.2 Å². The summed E-state index contributed by atoms with van der Waals surface area (Å²) < 4.78 is 28.0. The molecule has 21 heavy (non-hydrogen) atoms. The van der Waals surface area contributed by atoms with Crippen LogP contribution in [0.5, 0.6) is 0 Å². The van der Waals surface area contributed by atoms with E-state index in [0.717, 1.165) is 0 Å². The minimum atomic E-state index is -3.60. The topological polar surface area (TPSA) is 102 Å². The SMILES string of the molecule is CCN(CC)S(=O)(=O)Nc1ccc2c(C(=O)O)c[nH]c2c1. The van der Waals surface area contributed by atoms with E-state index in [1.54, 1.807) is 32.0 Å². The Morgan fingerprint density at radius 2 is 2.00 bits per heavy atom. The van der Waals surface area contributed by atoms with Crippen molar-refractivity contribution in [2.45, 2.75) is 13.8 Å². The van der Waals surface area contributed by atoms with E-state index in [1.807, 2.05) is 0 Å². The van der Waals surface area contributed by atoms with Gasteiger partial charge in [-0.2, -0.15) is 12.7 Å². The molecule has 8 heteroatoms. The Bertz CT molecular complexity index is 763. The number of aromatic carboxylic acids is 1. The van der Waals surface area contributed by atoms with Gasteiger partial charge in [0.2, 0.25) is 0 Å². The molecule has 0 spiro atoms. The summed E-state index contributed by atoms with van der Waals surface area (Å²) in [5.41, 5.74) is 1.10. The molecular weight excluding hydrogens is 294 g/mol. The van der Waals surface area contributed by atoms with Gasteiger partial charge in [0.1, 0.15) is 0 Å². The van der Waals surface area contributed by atoms with Gasteiger partial charge in [0.05, 0.1) is 11.3 Å². The minimum absolute atomic E-state index is 0.156. The van der Waals surface area contributed by atoms with Crippen molar-refractivity contribution in [2.75, 3.05) is 17.8 Å². The lowest BCUT2D eigenvalue weighted by Crippen LogP contribution is -2.35. The van der Waals surface area contributed by atoms with Crippen molar-refractivity contribution in [1.29, 1.82) is 0 Å². The van der Waals surface area contributed by atoms with Gasteiger partial charge in [-0.25, -0.2) is 4.79 Å². The van der Waals surface area contributed by atoms with E-state index >= 15 is 0 Å². The van der Waals surface area contributed by atoms with E-state index in [1.165, 1.54) is 10.5 Å². The molecule has 114 valence electrons. The number of fused-ring (bicyclic) bond motifs is 1. The molecule has 2 aromatic rings. The van der Waals surface area contributed by atoms with Crippen LogP contribution in [0.4, 0.5) is 5.69 Å². The lowest BCUT2D eigenvalue weighted by molar-refractivity contribution is 0.0699. The smallest absolute Gasteiger partial charge is 0.337 e. The number of H-pyrrole nitrogens is 1. The summed E-state index contributed by atoms with van der Waals surface area (Å²) in [6, 6.07) is 4.70. The molecule has 7 nitrogen and oxygen atoms in total. The fraction of sp³-hybridized carbons (Fsp3) is 0.308. The summed E-state index contributed by atoms with van der Waals surface area (Å²) in [5, 5.41) is 9.56. The number of carboxylic acids is 1. The third kappa shape index (κ3) is 3.01. The Kier molecular flexibility index (Phi) is 4.19. The fourth-order valence-corrected chi connectivity index (χ4v) is 3.38. The van der Waals surface area contributed by atoms with Gasteiger partial charge in [-0.1, -0.05) is 13.8 Å². The number of nitrogens with zero attached hydrogens (tertiary/aromatic N) is 1. The van der Waals surface area contributed by atoms with Crippen LogP contribution in [-0.4, -0.2) is 41.9 Å². The van der Waals surface area contributed by atoms with Crippen molar-refractivity contribution in [3.05, 3.63) is 30.0 Å². The highest BCUT2D eigenvalue weighted by Gasteiger charge is 2.19. The maximum atomic E-state index is 12.1. The van der Waals surface area contributed by atoms with Crippen LogP contribution in [0.25, 0.3) is 10.9 Å². The molecule has 2 rings (SSSR count). The van der Waals surface area contributed by atoms with Gasteiger partial charge in [-0.15, -0.1) is 0 Å². The van der Waals surface area contributed by atoms with Crippen LogP contribution in [0.2, 0.25) is 0 Å². The van der Waals surface area contributed by atoms with Crippen molar-refractivity contribution in [3.8, 4) is 0 Å². The quantitative estimate of drug-likeness (QED) is 0.757. The zero-order chi connectivity index (χ0) is 15.6. The van der Waals surface area contributed by atoms with E-state index in [2.05, 4.69) is 9.71 Å². The molecule has 1 aromatic carbocycles. The number of aromatic amines is 1. The Morgan fingerprint density at radius 3 is 2.57 bits per heavy atom. The Labute approximate surface area is 122 Å². The molecule has 0 aliphatic carbocycles. The van der Waals surface area contributed by atoms with E-state index in [-0.39, 0.29) is 5.56 Å². The summed E-state index contributed by atoms with van der Waals surface area (Å²) in [6.45, 7) is 4.27. The van der Waals surface area contributed by atoms with Crippen molar-refractivity contribution >= 4 is 32.8 Å². The van der Waals surface area contributed by atoms with Crippen molar-refractivity contribution in [2.24, 2.45) is 0 Å². The van der Waals surface area contributed by atoms with Crippen LogP contribution < -0.4 is 4.72 Å². The van der Waals surface area contributed by atoms with Gasteiger partial charge in [-0.05, 0) is 18.2 Å². The summed E-state index contributed by atoms with van der Waals surface area (Å²) in [6.07, 6.45) is 1.38. The van der Waals surface area contributed by atoms with Gasteiger partial charge >= 0.3 is 16.2 Å². The van der Waals surface area contributed by atoms with Crippen LogP contribution in [0, 0.1) is 0 Å². The minimum Gasteiger partial charge on any atom is -0.478 e. The van der Waals surface area contributed by atoms with E-state index in [4.69, 9.17) is 5.11 Å². The molecule has 0 fully saturated rings. The van der Waals surface area contributed by atoms with Gasteiger partial charge in [-0.3, -0.25) is 4.72 Å². The number of benzene rings is 1. The lowest BCUT2D eigenvalue weighted by atomic mass is 10.1. The van der Waals surface area contributed by atoms with Gasteiger partial charge in [0, 0.05) is 30.2 Å². The number of carboxylic acid groups (broad SMARTS) is 1. The number of anilines is 1. The van der Waals surface area contributed by atoms with Crippen LogP contribution in [-0.2, 0) is 10.2 Å². The number of aromatic nitrogens is 1. The Hall–Kier alpha value is -2.06. The summed E-state index contributed by atoms with van der Waals surface area (Å²) in [5.74, 6) is -1.03. The largest absolute Gasteiger partial charge is 0.478 e. The first kappa shape index (κ1) is 15.3. The number of rotatable bonds is 6. The molecule has 0 unspecified atom stereocenters. The highest BCUT2D eigenvalue weighted by atomic mass is 32.2. The van der Waals surface area contributed by atoms with Crippen molar-refractivity contribution in [1.82, 2.24) is 9.29 Å². The summed E-state index contributed by atoms with van der Waals surface area (Å²) in [4.78, 5) is 13.8. The van der Waals surface area contributed by atoms with Gasteiger partial charge in [0.15, 0.2) is 0 Å². The van der Waals surface area contributed by atoms with Crippen LogP contribution >= 0.6 is 0 Å². The van der Waals surface area contributed by atoms with Crippen molar-refractivity contribution < 1.29 is 18.3 Å². The lowest BCUT2D eigenvalue weighted by Gasteiger charge is -2.19. The van der Waals surface area contributed by atoms with Gasteiger partial charge < -0.3 is 10.1 Å². The third-order valence-corrected chi connectivity index (χ3v) is 4.89. The maximum absolute atomic E-state index is 12.1. The number of carbonyl (C=O) groups is 1. The van der Waals surface area contributed by atoms with Gasteiger partial charge in [0.25, 0.3) is 0 Å². The third-order valence-electron chi connectivity index (χ3n) is 3.20. The first-order valence-electron chi connectivity index (χ1n) is 6.51. The predicted molar refractivity (Wildman–Crippen MR) is 80.7 cm³/mol. The highest BCUT2D eigenvalue weighted by Crippen LogP contribution is 2.23. The summed E-state index contributed by atoms with van der Waals surface area (Å²) in [7, 11) is -3.60. The number of hydrogen-bond acceptors (Lipinski definition) is 3. The normalized spacial score (nSPS) is 12.0.